The zero-order chi connectivity index (χ0) is 18.4. The summed E-state index contributed by atoms with van der Waals surface area (Å²) in [6.45, 7) is 5.45. The molecule has 144 valence electrons. The average Bonchev–Trinajstić information content (AvgIpc) is 3.05. The van der Waals surface area contributed by atoms with Crippen molar-refractivity contribution in [2.45, 2.75) is 26.5 Å². The third-order valence-electron chi connectivity index (χ3n) is 4.14. The fourth-order valence-corrected chi connectivity index (χ4v) is 2.83. The summed E-state index contributed by atoms with van der Waals surface area (Å²) in [5.74, 6) is 1.64. The molecule has 0 aliphatic rings. The van der Waals surface area contributed by atoms with Gasteiger partial charge in [-0.25, -0.2) is 0 Å². The molecule has 6 heteroatoms. The summed E-state index contributed by atoms with van der Waals surface area (Å²) in [6.07, 6.45) is 0.0309. The number of benzene rings is 2. The van der Waals surface area contributed by atoms with E-state index in [0.717, 1.165) is 22.9 Å². The van der Waals surface area contributed by atoms with E-state index in [2.05, 4.69) is 51.8 Å². The van der Waals surface area contributed by atoms with Crippen LogP contribution in [0.4, 0.5) is 0 Å². The highest BCUT2D eigenvalue weighted by atomic mass is 127. The minimum absolute atomic E-state index is 0. The van der Waals surface area contributed by atoms with Crippen LogP contribution >= 0.6 is 24.0 Å². The number of guanidine groups is 1. The average molecular weight is 478 g/mol. The van der Waals surface area contributed by atoms with Crippen LogP contribution in [0.2, 0.25) is 0 Å². The maximum atomic E-state index is 5.94. The molecule has 0 saturated heterocycles. The van der Waals surface area contributed by atoms with Gasteiger partial charge in [-0.1, -0.05) is 30.3 Å². The highest BCUT2D eigenvalue weighted by molar-refractivity contribution is 14.0. The predicted molar refractivity (Wildman–Crippen MR) is 123 cm³/mol. The Hall–Kier alpha value is -2.22. The van der Waals surface area contributed by atoms with Gasteiger partial charge in [0.1, 0.15) is 11.9 Å². The van der Waals surface area contributed by atoms with Gasteiger partial charge in [0, 0.05) is 18.3 Å². The number of ether oxygens (including phenoxy) is 1. The molecule has 2 aromatic carbocycles. The number of hydrogen-bond donors (Lipinski definition) is 3. The number of aliphatic imine (C=N–C) groups is 1. The van der Waals surface area contributed by atoms with E-state index in [9.17, 15) is 0 Å². The molecular formula is C21H27IN4O. The van der Waals surface area contributed by atoms with Crippen molar-refractivity contribution in [3.8, 4) is 5.75 Å². The molecule has 0 saturated carbocycles. The van der Waals surface area contributed by atoms with Crippen LogP contribution in [0.15, 0.2) is 59.6 Å². The largest absolute Gasteiger partial charge is 0.489 e. The zero-order valence-corrected chi connectivity index (χ0v) is 18.3. The molecule has 0 radical (unpaired) electrons. The molecule has 3 N–H and O–H groups in total. The number of hydrogen-bond acceptors (Lipinski definition) is 2. The SMILES string of the molecule is CN=C(NCc1cc2ccccc2[nH]1)NCC(C)Oc1cccc(C)c1.I. The smallest absolute Gasteiger partial charge is 0.191 e. The van der Waals surface area contributed by atoms with E-state index in [4.69, 9.17) is 4.74 Å². The fourth-order valence-electron chi connectivity index (χ4n) is 2.83. The predicted octanol–water partition coefficient (Wildman–Crippen LogP) is 4.23. The van der Waals surface area contributed by atoms with Crippen LogP contribution in [-0.2, 0) is 6.54 Å². The molecule has 1 atom stereocenters. The van der Waals surface area contributed by atoms with E-state index in [1.165, 1.54) is 10.9 Å². The lowest BCUT2D eigenvalue weighted by Gasteiger charge is -2.18. The molecule has 5 nitrogen and oxygen atoms in total. The lowest BCUT2D eigenvalue weighted by atomic mass is 10.2. The van der Waals surface area contributed by atoms with Gasteiger partial charge in [0.25, 0.3) is 0 Å². The second-order valence-corrected chi connectivity index (χ2v) is 6.43. The molecule has 0 spiro atoms. The Morgan fingerprint density at radius 2 is 1.93 bits per heavy atom. The molecule has 1 aromatic heterocycles. The first-order valence-electron chi connectivity index (χ1n) is 8.88. The Bertz CT molecular complexity index is 858. The lowest BCUT2D eigenvalue weighted by Crippen LogP contribution is -2.41. The number of nitrogens with one attached hydrogen (secondary N) is 3. The summed E-state index contributed by atoms with van der Waals surface area (Å²) in [5.41, 5.74) is 3.46. The number of fused-ring (bicyclic) bond motifs is 1. The van der Waals surface area contributed by atoms with E-state index in [1.807, 2.05) is 37.3 Å². The maximum absolute atomic E-state index is 5.94. The van der Waals surface area contributed by atoms with Crippen LogP contribution in [0.5, 0.6) is 5.75 Å². The molecular weight excluding hydrogens is 451 g/mol. The highest BCUT2D eigenvalue weighted by Gasteiger charge is 2.07. The molecule has 27 heavy (non-hydrogen) atoms. The maximum Gasteiger partial charge on any atom is 0.191 e. The standard InChI is InChI=1S/C21H26N4O.HI/c1-15-7-6-9-19(11-15)26-16(2)13-23-21(22-3)24-14-18-12-17-8-4-5-10-20(17)25-18;/h4-12,16,25H,13-14H2,1-3H3,(H2,22,23,24);1H. The monoisotopic (exact) mass is 478 g/mol. The number of H-pyrrole nitrogens is 1. The summed E-state index contributed by atoms with van der Waals surface area (Å²) in [5, 5.41) is 7.85. The van der Waals surface area contributed by atoms with Crippen molar-refractivity contribution < 1.29 is 4.74 Å². The minimum Gasteiger partial charge on any atom is -0.489 e. The molecule has 0 amide bonds. The van der Waals surface area contributed by atoms with Crippen LogP contribution in [0.1, 0.15) is 18.2 Å². The Morgan fingerprint density at radius 1 is 1.11 bits per heavy atom. The molecule has 3 rings (SSSR count). The zero-order valence-electron chi connectivity index (χ0n) is 16.0. The van der Waals surface area contributed by atoms with Crippen molar-refractivity contribution in [1.82, 2.24) is 15.6 Å². The Labute approximate surface area is 177 Å². The second kappa shape index (κ2) is 10.2. The lowest BCUT2D eigenvalue weighted by molar-refractivity contribution is 0.223. The number of para-hydroxylation sites is 1. The van der Waals surface area contributed by atoms with Gasteiger partial charge >= 0.3 is 0 Å². The van der Waals surface area contributed by atoms with Gasteiger partial charge in [-0.3, -0.25) is 4.99 Å². The Morgan fingerprint density at radius 3 is 2.67 bits per heavy atom. The van der Waals surface area contributed by atoms with Gasteiger partial charge in [0.2, 0.25) is 0 Å². The van der Waals surface area contributed by atoms with E-state index >= 15 is 0 Å². The van der Waals surface area contributed by atoms with Gasteiger partial charge in [0.05, 0.1) is 13.1 Å². The summed E-state index contributed by atoms with van der Waals surface area (Å²) in [6, 6.07) is 18.5. The Kier molecular flexibility index (Phi) is 7.97. The molecule has 0 aliphatic heterocycles. The van der Waals surface area contributed by atoms with E-state index in [-0.39, 0.29) is 30.1 Å². The fraction of sp³-hybridized carbons (Fsp3) is 0.286. The normalized spacial score (nSPS) is 12.3. The van der Waals surface area contributed by atoms with Gasteiger partial charge < -0.3 is 20.4 Å². The molecule has 0 bridgehead atoms. The highest BCUT2D eigenvalue weighted by Crippen LogP contribution is 2.15. The Balaban J connectivity index is 0.00000261. The quantitative estimate of drug-likeness (QED) is 0.283. The van der Waals surface area contributed by atoms with Crippen LogP contribution < -0.4 is 15.4 Å². The molecule has 1 unspecified atom stereocenters. The van der Waals surface area contributed by atoms with E-state index in [1.54, 1.807) is 7.05 Å². The number of aryl methyl sites for hydroxylation is 1. The number of halogens is 1. The number of aromatic nitrogens is 1. The van der Waals surface area contributed by atoms with Gasteiger partial charge in [-0.05, 0) is 49.1 Å². The summed E-state index contributed by atoms with van der Waals surface area (Å²) < 4.78 is 5.94. The third-order valence-corrected chi connectivity index (χ3v) is 4.14. The molecule has 0 fully saturated rings. The van der Waals surface area contributed by atoms with Crippen molar-refractivity contribution in [2.75, 3.05) is 13.6 Å². The first-order valence-corrected chi connectivity index (χ1v) is 8.88. The minimum atomic E-state index is 0. The third kappa shape index (κ3) is 6.16. The number of nitrogens with zero attached hydrogens (tertiary/aromatic N) is 1. The van der Waals surface area contributed by atoms with Crippen molar-refractivity contribution in [3.05, 3.63) is 65.9 Å². The first-order chi connectivity index (χ1) is 12.6. The van der Waals surface area contributed by atoms with Gasteiger partial charge in [0.15, 0.2) is 5.96 Å². The van der Waals surface area contributed by atoms with Crippen molar-refractivity contribution in [3.63, 3.8) is 0 Å². The van der Waals surface area contributed by atoms with Crippen LogP contribution in [-0.4, -0.2) is 30.6 Å². The summed E-state index contributed by atoms with van der Waals surface area (Å²) in [4.78, 5) is 7.68. The molecule has 0 aliphatic carbocycles. The second-order valence-electron chi connectivity index (χ2n) is 6.43. The number of rotatable bonds is 6. The van der Waals surface area contributed by atoms with E-state index < -0.39 is 0 Å². The van der Waals surface area contributed by atoms with Gasteiger partial charge in [-0.15, -0.1) is 24.0 Å². The molecule has 3 aromatic rings. The summed E-state index contributed by atoms with van der Waals surface area (Å²) in [7, 11) is 1.77. The van der Waals surface area contributed by atoms with Gasteiger partial charge in [-0.2, -0.15) is 0 Å². The van der Waals surface area contributed by atoms with Crippen molar-refractivity contribution in [1.29, 1.82) is 0 Å². The van der Waals surface area contributed by atoms with Crippen LogP contribution in [0.3, 0.4) is 0 Å². The van der Waals surface area contributed by atoms with Crippen molar-refractivity contribution >= 4 is 40.8 Å². The van der Waals surface area contributed by atoms with E-state index in [0.29, 0.717) is 13.1 Å². The van der Waals surface area contributed by atoms with Crippen LogP contribution in [0.25, 0.3) is 10.9 Å². The van der Waals surface area contributed by atoms with Crippen LogP contribution in [0, 0.1) is 6.92 Å². The first kappa shape index (κ1) is 21.1. The summed E-state index contributed by atoms with van der Waals surface area (Å²) >= 11 is 0. The number of aromatic amines is 1. The molecule has 1 heterocycles. The van der Waals surface area contributed by atoms with Crippen molar-refractivity contribution in [2.24, 2.45) is 4.99 Å². The topological polar surface area (TPSA) is 61.4 Å².